The number of unbranched alkanes of at least 4 members (excludes halogenated alkanes) is 1. The molecule has 1 spiro atoms. The summed E-state index contributed by atoms with van der Waals surface area (Å²) in [6.45, 7) is 5.30. The number of hydrogen-bond acceptors (Lipinski definition) is 3. The summed E-state index contributed by atoms with van der Waals surface area (Å²) in [6.07, 6.45) is 5.74. The van der Waals surface area contributed by atoms with Crippen molar-refractivity contribution < 1.29 is 14.3 Å². The summed E-state index contributed by atoms with van der Waals surface area (Å²) in [6, 6.07) is 7.42. The Morgan fingerprint density at radius 3 is 2.81 bits per heavy atom. The third-order valence-electron chi connectivity index (χ3n) is 5.82. The van der Waals surface area contributed by atoms with Gasteiger partial charge in [0, 0.05) is 38.0 Å². The molecule has 2 aliphatic rings. The molecule has 1 aromatic rings. The van der Waals surface area contributed by atoms with E-state index in [0.717, 1.165) is 58.3 Å². The van der Waals surface area contributed by atoms with Gasteiger partial charge >= 0.3 is 0 Å². The summed E-state index contributed by atoms with van der Waals surface area (Å²) < 4.78 is 5.37. The molecule has 5 heteroatoms. The highest BCUT2D eigenvalue weighted by Gasteiger charge is 2.42. The number of hydrogen-bond donors (Lipinski definition) is 0. The summed E-state index contributed by atoms with van der Waals surface area (Å²) in [5.41, 5.74) is 0.680. The molecule has 142 valence electrons. The van der Waals surface area contributed by atoms with E-state index in [1.54, 1.807) is 7.11 Å². The van der Waals surface area contributed by atoms with Crippen molar-refractivity contribution in [2.24, 2.45) is 5.41 Å². The number of rotatable bonds is 5. The lowest BCUT2D eigenvalue weighted by molar-refractivity contribution is -0.139. The van der Waals surface area contributed by atoms with E-state index in [9.17, 15) is 9.59 Å². The first-order chi connectivity index (χ1) is 12.6. The molecule has 2 heterocycles. The second-order valence-electron chi connectivity index (χ2n) is 7.70. The first kappa shape index (κ1) is 18.7. The summed E-state index contributed by atoms with van der Waals surface area (Å²) in [5, 5.41) is 0. The molecule has 0 unspecified atom stereocenters. The van der Waals surface area contributed by atoms with Crippen LogP contribution in [-0.4, -0.2) is 54.9 Å². The molecule has 2 saturated heterocycles. The van der Waals surface area contributed by atoms with Gasteiger partial charge in [0.2, 0.25) is 5.91 Å². The van der Waals surface area contributed by atoms with Crippen molar-refractivity contribution in [3.8, 4) is 5.75 Å². The molecular formula is C21H30N2O3. The lowest BCUT2D eigenvalue weighted by Gasteiger charge is -2.48. The average molecular weight is 358 g/mol. The van der Waals surface area contributed by atoms with Gasteiger partial charge in [0.15, 0.2) is 0 Å². The van der Waals surface area contributed by atoms with Crippen molar-refractivity contribution >= 4 is 11.8 Å². The number of carbonyl (C=O) groups excluding carboxylic acids is 2. The minimum absolute atomic E-state index is 0.0403. The molecule has 1 atom stereocenters. The van der Waals surface area contributed by atoms with Crippen molar-refractivity contribution in [1.82, 2.24) is 9.80 Å². The van der Waals surface area contributed by atoms with Crippen molar-refractivity contribution in [2.45, 2.75) is 45.4 Å². The summed E-state index contributed by atoms with van der Waals surface area (Å²) >= 11 is 0. The zero-order valence-corrected chi connectivity index (χ0v) is 16.0. The molecule has 0 saturated carbocycles. The summed E-state index contributed by atoms with van der Waals surface area (Å²) in [4.78, 5) is 29.4. The highest BCUT2D eigenvalue weighted by Crippen LogP contribution is 2.39. The van der Waals surface area contributed by atoms with Crippen LogP contribution in [0, 0.1) is 5.41 Å². The fraction of sp³-hybridized carbons (Fsp3) is 0.619. The van der Waals surface area contributed by atoms with Crippen LogP contribution in [0.1, 0.15) is 55.8 Å². The van der Waals surface area contributed by atoms with Gasteiger partial charge in [0.05, 0.1) is 12.7 Å². The fourth-order valence-corrected chi connectivity index (χ4v) is 4.36. The Morgan fingerprint density at radius 1 is 1.23 bits per heavy atom. The van der Waals surface area contributed by atoms with Gasteiger partial charge in [-0.05, 0) is 37.8 Å². The molecule has 3 rings (SSSR count). The van der Waals surface area contributed by atoms with Crippen LogP contribution in [0.25, 0.3) is 0 Å². The molecule has 0 aliphatic carbocycles. The quantitative estimate of drug-likeness (QED) is 0.811. The van der Waals surface area contributed by atoms with Gasteiger partial charge in [-0.1, -0.05) is 25.5 Å². The maximum atomic E-state index is 13.1. The zero-order chi connectivity index (χ0) is 18.6. The number of nitrogens with zero attached hydrogens (tertiary/aromatic N) is 2. The van der Waals surface area contributed by atoms with Gasteiger partial charge in [0.25, 0.3) is 5.91 Å². The number of likely N-dealkylation sites (tertiary alicyclic amines) is 2. The minimum Gasteiger partial charge on any atom is -0.496 e. The second-order valence-corrected chi connectivity index (χ2v) is 7.70. The van der Waals surface area contributed by atoms with Gasteiger partial charge in [-0.25, -0.2) is 0 Å². The van der Waals surface area contributed by atoms with Crippen LogP contribution in [0.5, 0.6) is 5.75 Å². The number of piperidine rings is 2. The van der Waals surface area contributed by atoms with Gasteiger partial charge < -0.3 is 14.5 Å². The standard InChI is InChI=1S/C21H30N2O3/c1-3-4-13-22-15-21(12-10-19(22)24)11-7-14-23(16-21)20(25)17-8-5-6-9-18(17)26-2/h5-6,8-9H,3-4,7,10-16H2,1-2H3/t21-/m0/s1. The van der Waals surface area contributed by atoms with E-state index in [-0.39, 0.29) is 17.2 Å². The van der Waals surface area contributed by atoms with E-state index < -0.39 is 0 Å². The molecule has 1 aromatic carbocycles. The molecular weight excluding hydrogens is 328 g/mol. The van der Waals surface area contributed by atoms with Gasteiger partial charge in [-0.2, -0.15) is 0 Å². The van der Waals surface area contributed by atoms with Crippen molar-refractivity contribution in [2.75, 3.05) is 33.3 Å². The van der Waals surface area contributed by atoms with Crippen LogP contribution in [0.4, 0.5) is 0 Å². The lowest BCUT2D eigenvalue weighted by atomic mass is 9.73. The predicted molar refractivity (Wildman–Crippen MR) is 101 cm³/mol. The fourth-order valence-electron chi connectivity index (χ4n) is 4.36. The van der Waals surface area contributed by atoms with Crippen LogP contribution in [0.15, 0.2) is 24.3 Å². The van der Waals surface area contributed by atoms with Crippen molar-refractivity contribution in [3.05, 3.63) is 29.8 Å². The predicted octanol–water partition coefficient (Wildman–Crippen LogP) is 3.34. The normalized spacial score (nSPS) is 23.4. The Kier molecular flexibility index (Phi) is 5.84. The first-order valence-electron chi connectivity index (χ1n) is 9.78. The second kappa shape index (κ2) is 8.11. The molecule has 5 nitrogen and oxygen atoms in total. The third-order valence-corrected chi connectivity index (χ3v) is 5.82. The van der Waals surface area contributed by atoms with E-state index >= 15 is 0 Å². The van der Waals surface area contributed by atoms with Gasteiger partial charge in [0.1, 0.15) is 5.75 Å². The van der Waals surface area contributed by atoms with E-state index in [4.69, 9.17) is 4.74 Å². The highest BCUT2D eigenvalue weighted by molar-refractivity contribution is 5.97. The van der Waals surface area contributed by atoms with Gasteiger partial charge in [-0.15, -0.1) is 0 Å². The van der Waals surface area contributed by atoms with Crippen LogP contribution >= 0.6 is 0 Å². The monoisotopic (exact) mass is 358 g/mol. The molecule has 0 bridgehead atoms. The van der Waals surface area contributed by atoms with Crippen molar-refractivity contribution in [3.63, 3.8) is 0 Å². The number of carbonyl (C=O) groups is 2. The molecule has 2 aliphatic heterocycles. The van der Waals surface area contributed by atoms with Crippen LogP contribution in [0.2, 0.25) is 0 Å². The van der Waals surface area contributed by atoms with E-state index in [0.29, 0.717) is 17.7 Å². The Balaban J connectivity index is 1.74. The first-order valence-corrected chi connectivity index (χ1v) is 9.78. The van der Waals surface area contributed by atoms with E-state index in [1.807, 2.05) is 34.1 Å². The van der Waals surface area contributed by atoms with Crippen LogP contribution < -0.4 is 4.74 Å². The number of benzene rings is 1. The molecule has 26 heavy (non-hydrogen) atoms. The summed E-state index contributed by atoms with van der Waals surface area (Å²) in [7, 11) is 1.60. The Hall–Kier alpha value is -2.04. The van der Waals surface area contributed by atoms with Gasteiger partial charge in [-0.3, -0.25) is 9.59 Å². The molecule has 0 N–H and O–H groups in total. The number of methoxy groups -OCH3 is 1. The lowest BCUT2D eigenvalue weighted by Crippen LogP contribution is -2.55. The number of amides is 2. The molecule has 2 fully saturated rings. The molecule has 2 amide bonds. The van der Waals surface area contributed by atoms with E-state index in [1.165, 1.54) is 0 Å². The number of ether oxygens (including phenoxy) is 1. The minimum atomic E-state index is 0.0403. The Bertz CT molecular complexity index is 660. The smallest absolute Gasteiger partial charge is 0.257 e. The largest absolute Gasteiger partial charge is 0.496 e. The Labute approximate surface area is 156 Å². The van der Waals surface area contributed by atoms with Crippen LogP contribution in [-0.2, 0) is 4.79 Å². The maximum Gasteiger partial charge on any atom is 0.257 e. The third kappa shape index (κ3) is 3.87. The Morgan fingerprint density at radius 2 is 2.04 bits per heavy atom. The summed E-state index contributed by atoms with van der Waals surface area (Å²) in [5.74, 6) is 0.941. The number of para-hydroxylation sites is 1. The highest BCUT2D eigenvalue weighted by atomic mass is 16.5. The SMILES string of the molecule is CCCCN1C[C@]2(CCCN(C(=O)c3ccccc3OC)C2)CCC1=O. The zero-order valence-electron chi connectivity index (χ0n) is 16.0. The van der Waals surface area contributed by atoms with E-state index in [2.05, 4.69) is 6.92 Å². The van der Waals surface area contributed by atoms with Crippen molar-refractivity contribution in [1.29, 1.82) is 0 Å². The van der Waals surface area contributed by atoms with Crippen LogP contribution in [0.3, 0.4) is 0 Å². The molecule has 0 radical (unpaired) electrons. The maximum absolute atomic E-state index is 13.1. The average Bonchev–Trinajstić information content (AvgIpc) is 2.68. The topological polar surface area (TPSA) is 49.9 Å². The molecule has 0 aromatic heterocycles.